The molecule has 0 fully saturated rings. The first-order chi connectivity index (χ1) is 13.9. The summed E-state index contributed by atoms with van der Waals surface area (Å²) < 4.78 is 9.45. The largest absolute Gasteiger partial charge is 0.437 e. The number of rotatable bonds is 6. The van der Waals surface area contributed by atoms with Crippen molar-refractivity contribution in [2.24, 2.45) is 7.05 Å². The van der Waals surface area contributed by atoms with Crippen LogP contribution in [0.25, 0.3) is 11.2 Å². The predicted molar refractivity (Wildman–Crippen MR) is 107 cm³/mol. The molecule has 0 unspecified atom stereocenters. The molecule has 3 heterocycles. The minimum atomic E-state index is -0.549. The van der Waals surface area contributed by atoms with Gasteiger partial charge in [-0.25, -0.2) is 14.8 Å². The zero-order valence-electron chi connectivity index (χ0n) is 16.4. The van der Waals surface area contributed by atoms with Crippen molar-refractivity contribution in [3.8, 4) is 0 Å². The van der Waals surface area contributed by atoms with Gasteiger partial charge < -0.3 is 13.9 Å². The van der Waals surface area contributed by atoms with Gasteiger partial charge >= 0.3 is 5.76 Å². The average Bonchev–Trinajstić information content (AvgIpc) is 3.25. The lowest BCUT2D eigenvalue weighted by atomic mass is 10.1. The molecule has 0 saturated heterocycles. The van der Waals surface area contributed by atoms with E-state index in [0.29, 0.717) is 24.1 Å². The van der Waals surface area contributed by atoms with E-state index in [0.717, 1.165) is 11.3 Å². The number of hydrogen-bond donors (Lipinski definition) is 0. The Labute approximate surface area is 165 Å². The Morgan fingerprint density at radius 3 is 2.52 bits per heavy atom. The van der Waals surface area contributed by atoms with Crippen LogP contribution < -0.4 is 16.2 Å². The van der Waals surface area contributed by atoms with Gasteiger partial charge in [0.15, 0.2) is 11.2 Å². The maximum atomic E-state index is 12.6. The normalized spacial score (nSPS) is 11.3. The molecule has 150 valence electrons. The van der Waals surface area contributed by atoms with Crippen LogP contribution in [0.3, 0.4) is 0 Å². The van der Waals surface area contributed by atoms with E-state index in [2.05, 4.69) is 15.1 Å². The predicted octanol–water partition coefficient (Wildman–Crippen LogP) is 0.637. The second-order valence-electron chi connectivity index (χ2n) is 7.00. The fourth-order valence-corrected chi connectivity index (χ4v) is 3.08. The summed E-state index contributed by atoms with van der Waals surface area (Å²) in [4.78, 5) is 35.0. The van der Waals surface area contributed by atoms with Crippen LogP contribution in [0.15, 0.2) is 50.9 Å². The van der Waals surface area contributed by atoms with Crippen LogP contribution in [0.5, 0.6) is 0 Å². The third-order valence-electron chi connectivity index (χ3n) is 4.72. The summed E-state index contributed by atoms with van der Waals surface area (Å²) >= 11 is 0. The number of imidazole rings is 1. The molecule has 0 aliphatic heterocycles. The Bertz CT molecular complexity index is 1260. The van der Waals surface area contributed by atoms with Crippen molar-refractivity contribution in [1.82, 2.24) is 28.9 Å². The molecular weight excluding hydrogens is 374 g/mol. The van der Waals surface area contributed by atoms with Crippen LogP contribution in [-0.2, 0) is 26.6 Å². The first-order valence-electron chi connectivity index (χ1n) is 9.12. The number of aryl methyl sites for hydroxylation is 3. The highest BCUT2D eigenvalue weighted by molar-refractivity contribution is 5.68. The van der Waals surface area contributed by atoms with Crippen LogP contribution >= 0.6 is 0 Å². The topological polar surface area (TPSA) is 104 Å². The van der Waals surface area contributed by atoms with Crippen molar-refractivity contribution < 1.29 is 4.42 Å². The standard InChI is InChI=1S/C19H21N7O3/c1-23(2)14-6-4-13(5-7-14)8-9-26-19(28)29-15(22-26)10-25-12-21-17-16(18(25)27)24(3)11-20-17/h4-7,11-12H,8-10H2,1-3H3. The van der Waals surface area contributed by atoms with E-state index in [1.165, 1.54) is 21.9 Å². The molecule has 29 heavy (non-hydrogen) atoms. The summed E-state index contributed by atoms with van der Waals surface area (Å²) in [7, 11) is 5.69. The van der Waals surface area contributed by atoms with Crippen LogP contribution in [0, 0.1) is 0 Å². The van der Waals surface area contributed by atoms with Crippen LogP contribution in [0.2, 0.25) is 0 Å². The zero-order valence-corrected chi connectivity index (χ0v) is 16.4. The molecule has 3 aromatic heterocycles. The van der Waals surface area contributed by atoms with Gasteiger partial charge in [0.2, 0.25) is 5.89 Å². The van der Waals surface area contributed by atoms with Crippen LogP contribution in [0.1, 0.15) is 11.5 Å². The lowest BCUT2D eigenvalue weighted by molar-refractivity contribution is 0.434. The first-order valence-corrected chi connectivity index (χ1v) is 9.12. The summed E-state index contributed by atoms with van der Waals surface area (Å²) in [6.45, 7) is 0.407. The lowest BCUT2D eigenvalue weighted by Gasteiger charge is -2.12. The Balaban J connectivity index is 1.49. The highest BCUT2D eigenvalue weighted by atomic mass is 16.4. The Morgan fingerprint density at radius 1 is 1.07 bits per heavy atom. The summed E-state index contributed by atoms with van der Waals surface area (Å²) in [5.74, 6) is -0.393. The van der Waals surface area contributed by atoms with E-state index >= 15 is 0 Å². The van der Waals surface area contributed by atoms with E-state index in [9.17, 15) is 9.59 Å². The van der Waals surface area contributed by atoms with E-state index in [-0.39, 0.29) is 18.0 Å². The maximum Gasteiger partial charge on any atom is 0.437 e. The van der Waals surface area contributed by atoms with Crippen molar-refractivity contribution in [3.63, 3.8) is 0 Å². The molecule has 4 aromatic rings. The monoisotopic (exact) mass is 395 g/mol. The number of fused-ring (bicyclic) bond motifs is 1. The van der Waals surface area contributed by atoms with Gasteiger partial charge in [-0.1, -0.05) is 12.1 Å². The molecule has 0 aliphatic rings. The number of nitrogens with zero attached hydrogens (tertiary/aromatic N) is 7. The third-order valence-corrected chi connectivity index (χ3v) is 4.72. The highest BCUT2D eigenvalue weighted by Gasteiger charge is 2.13. The van der Waals surface area contributed by atoms with Gasteiger partial charge in [0.05, 0.1) is 12.9 Å². The molecule has 0 radical (unpaired) electrons. The minimum absolute atomic E-state index is 0.0206. The SMILES string of the molecule is CN(C)c1ccc(CCn2nc(Cn3cnc4ncn(C)c4c3=O)oc2=O)cc1. The zero-order chi connectivity index (χ0) is 20.5. The van der Waals surface area contributed by atoms with Crippen molar-refractivity contribution in [2.45, 2.75) is 19.5 Å². The molecule has 10 heteroatoms. The van der Waals surface area contributed by atoms with Crippen molar-refractivity contribution in [2.75, 3.05) is 19.0 Å². The summed E-state index contributed by atoms with van der Waals surface area (Å²) in [5.41, 5.74) is 2.69. The van der Waals surface area contributed by atoms with Crippen LogP contribution in [-0.4, -0.2) is 43.0 Å². The smallest absolute Gasteiger partial charge is 0.390 e. The average molecular weight is 395 g/mol. The molecule has 0 N–H and O–H groups in total. The number of hydrogen-bond acceptors (Lipinski definition) is 7. The Kier molecular flexibility index (Phi) is 4.75. The first kappa shape index (κ1) is 18.7. The van der Waals surface area contributed by atoms with E-state index in [1.807, 2.05) is 43.3 Å². The molecule has 4 rings (SSSR count). The molecular formula is C19H21N7O3. The van der Waals surface area contributed by atoms with Crippen molar-refractivity contribution in [1.29, 1.82) is 0 Å². The summed E-state index contributed by atoms with van der Waals surface area (Å²) in [6, 6.07) is 8.10. The molecule has 1 aromatic carbocycles. The number of benzene rings is 1. The quantitative estimate of drug-likeness (QED) is 0.472. The highest BCUT2D eigenvalue weighted by Crippen LogP contribution is 2.13. The second-order valence-corrected chi connectivity index (χ2v) is 7.00. The van der Waals surface area contributed by atoms with Gasteiger partial charge in [-0.05, 0) is 24.1 Å². The van der Waals surface area contributed by atoms with Crippen molar-refractivity contribution in [3.05, 3.63) is 69.3 Å². The summed E-state index contributed by atoms with van der Waals surface area (Å²) in [6.07, 6.45) is 3.55. The Hall–Kier alpha value is -3.69. The van der Waals surface area contributed by atoms with Gasteiger partial charge in [-0.3, -0.25) is 9.36 Å². The van der Waals surface area contributed by atoms with Gasteiger partial charge in [0.25, 0.3) is 5.56 Å². The van der Waals surface area contributed by atoms with Gasteiger partial charge in [0.1, 0.15) is 12.9 Å². The minimum Gasteiger partial charge on any atom is -0.390 e. The van der Waals surface area contributed by atoms with E-state index in [1.54, 1.807) is 11.6 Å². The van der Waals surface area contributed by atoms with Crippen molar-refractivity contribution >= 4 is 16.9 Å². The molecule has 10 nitrogen and oxygen atoms in total. The van der Waals surface area contributed by atoms with Gasteiger partial charge in [0, 0.05) is 26.8 Å². The molecule has 0 saturated carbocycles. The van der Waals surface area contributed by atoms with Crippen LogP contribution in [0.4, 0.5) is 5.69 Å². The molecule has 0 spiro atoms. The third kappa shape index (κ3) is 3.68. The molecule has 0 bridgehead atoms. The fraction of sp³-hybridized carbons (Fsp3) is 0.316. The summed E-state index contributed by atoms with van der Waals surface area (Å²) in [5, 5.41) is 4.22. The van der Waals surface area contributed by atoms with E-state index < -0.39 is 5.76 Å². The second kappa shape index (κ2) is 7.38. The fourth-order valence-electron chi connectivity index (χ4n) is 3.08. The molecule has 0 aliphatic carbocycles. The Morgan fingerprint density at radius 2 is 1.79 bits per heavy atom. The number of anilines is 1. The number of aromatic nitrogens is 6. The van der Waals surface area contributed by atoms with E-state index in [4.69, 9.17) is 4.42 Å². The van der Waals surface area contributed by atoms with Gasteiger partial charge in [-0.2, -0.15) is 4.68 Å². The molecule has 0 amide bonds. The maximum absolute atomic E-state index is 12.6. The van der Waals surface area contributed by atoms with Gasteiger partial charge in [-0.15, -0.1) is 5.10 Å². The molecule has 0 atom stereocenters. The lowest BCUT2D eigenvalue weighted by Crippen LogP contribution is -2.22.